The Hall–Kier alpha value is -1.32. The van der Waals surface area contributed by atoms with Crippen LogP contribution in [-0.4, -0.2) is 7.05 Å². The molecule has 0 aromatic heterocycles. The predicted molar refractivity (Wildman–Crippen MR) is 84.6 cm³/mol. The molecule has 0 saturated carbocycles. The van der Waals surface area contributed by atoms with Gasteiger partial charge in [-0.3, -0.25) is 0 Å². The summed E-state index contributed by atoms with van der Waals surface area (Å²) in [5.74, 6) is 0.726. The maximum atomic E-state index is 13.4. The van der Waals surface area contributed by atoms with E-state index in [0.29, 0.717) is 0 Å². The van der Waals surface area contributed by atoms with E-state index in [1.165, 1.54) is 17.2 Å². The molecule has 0 heterocycles. The Balaban J connectivity index is 2.19. The molecular weight excluding hydrogens is 269 g/mol. The van der Waals surface area contributed by atoms with Gasteiger partial charge in [0, 0.05) is 16.7 Å². The van der Waals surface area contributed by atoms with E-state index in [9.17, 15) is 4.39 Å². The lowest BCUT2D eigenvalue weighted by Gasteiger charge is -2.16. The lowest BCUT2D eigenvalue weighted by Crippen LogP contribution is -2.13. The molecule has 3 heteroatoms. The van der Waals surface area contributed by atoms with E-state index in [4.69, 9.17) is 0 Å². The Bertz CT molecular complexity index is 583. The molecule has 0 spiro atoms. The molecule has 0 aliphatic rings. The molecule has 0 radical (unpaired) electrons. The highest BCUT2D eigenvalue weighted by Crippen LogP contribution is 2.31. The topological polar surface area (TPSA) is 12.0 Å². The van der Waals surface area contributed by atoms with Crippen LogP contribution in [0, 0.1) is 12.7 Å². The van der Waals surface area contributed by atoms with Crippen molar-refractivity contribution >= 4 is 11.8 Å². The number of halogens is 1. The number of nitrogens with one attached hydrogen (secondary N) is 1. The molecular formula is C17H20FNS. The van der Waals surface area contributed by atoms with Gasteiger partial charge in [-0.2, -0.15) is 0 Å². The first-order valence-corrected chi connectivity index (χ1v) is 7.74. The van der Waals surface area contributed by atoms with Crippen molar-refractivity contribution < 1.29 is 4.39 Å². The number of thioether (sulfide) groups is 1. The van der Waals surface area contributed by atoms with Crippen molar-refractivity contribution in [1.29, 1.82) is 0 Å². The predicted octanol–water partition coefficient (Wildman–Crippen LogP) is 4.71. The number of hydrogen-bond donors (Lipinski definition) is 1. The molecule has 0 amide bonds. The average Bonchev–Trinajstić information content (AvgIpc) is 2.46. The summed E-state index contributed by atoms with van der Waals surface area (Å²) in [5, 5.41) is 3.18. The molecule has 0 fully saturated rings. The molecule has 0 saturated heterocycles. The van der Waals surface area contributed by atoms with Crippen LogP contribution >= 0.6 is 11.8 Å². The Kier molecular flexibility index (Phi) is 5.21. The average molecular weight is 289 g/mol. The molecule has 0 aliphatic carbocycles. The molecule has 106 valence electrons. The first kappa shape index (κ1) is 15.1. The van der Waals surface area contributed by atoms with Crippen LogP contribution in [0.25, 0.3) is 0 Å². The second-order valence-electron chi connectivity index (χ2n) is 4.91. The molecule has 20 heavy (non-hydrogen) atoms. The van der Waals surface area contributed by atoms with Crippen LogP contribution in [0.5, 0.6) is 0 Å². The van der Waals surface area contributed by atoms with E-state index in [0.717, 1.165) is 16.2 Å². The van der Waals surface area contributed by atoms with Gasteiger partial charge in [-0.15, -0.1) is 11.8 Å². The van der Waals surface area contributed by atoms with E-state index in [1.54, 1.807) is 17.8 Å². The normalized spacial score (nSPS) is 12.4. The van der Waals surface area contributed by atoms with Crippen LogP contribution in [0.3, 0.4) is 0 Å². The zero-order valence-corrected chi connectivity index (χ0v) is 12.9. The Morgan fingerprint density at radius 1 is 1.20 bits per heavy atom. The standard InChI is InChI=1S/C17H20FNS/c1-12-6-4-5-7-14(12)11-20-17-9-8-15(18)10-16(17)13(2)19-3/h4-10,13,19H,11H2,1-3H3. The van der Waals surface area contributed by atoms with Crippen LogP contribution in [0.2, 0.25) is 0 Å². The third-order valence-electron chi connectivity index (χ3n) is 3.52. The van der Waals surface area contributed by atoms with Crippen molar-refractivity contribution in [2.24, 2.45) is 0 Å². The quantitative estimate of drug-likeness (QED) is 0.800. The number of rotatable bonds is 5. The van der Waals surface area contributed by atoms with Gasteiger partial charge < -0.3 is 5.32 Å². The zero-order chi connectivity index (χ0) is 14.5. The fourth-order valence-electron chi connectivity index (χ4n) is 2.07. The summed E-state index contributed by atoms with van der Waals surface area (Å²) in [5.41, 5.74) is 3.64. The van der Waals surface area contributed by atoms with Gasteiger partial charge in [0.2, 0.25) is 0 Å². The van der Waals surface area contributed by atoms with Gasteiger partial charge in [0.15, 0.2) is 0 Å². The van der Waals surface area contributed by atoms with E-state index in [2.05, 4.69) is 36.5 Å². The zero-order valence-electron chi connectivity index (χ0n) is 12.1. The maximum absolute atomic E-state index is 13.4. The first-order valence-electron chi connectivity index (χ1n) is 6.76. The van der Waals surface area contributed by atoms with E-state index >= 15 is 0 Å². The molecule has 2 rings (SSSR count). The lowest BCUT2D eigenvalue weighted by atomic mass is 10.1. The van der Waals surface area contributed by atoms with Crippen LogP contribution in [0.15, 0.2) is 47.4 Å². The summed E-state index contributed by atoms with van der Waals surface area (Å²) in [7, 11) is 1.89. The SMILES string of the molecule is CNC(C)c1cc(F)ccc1SCc1ccccc1C. The van der Waals surface area contributed by atoms with E-state index < -0.39 is 0 Å². The van der Waals surface area contributed by atoms with Crippen molar-refractivity contribution in [3.8, 4) is 0 Å². The third kappa shape index (κ3) is 3.62. The van der Waals surface area contributed by atoms with Gasteiger partial charge in [-0.25, -0.2) is 4.39 Å². The molecule has 0 bridgehead atoms. The van der Waals surface area contributed by atoms with Gasteiger partial charge in [-0.05, 0) is 55.8 Å². The Morgan fingerprint density at radius 3 is 2.65 bits per heavy atom. The number of benzene rings is 2. The van der Waals surface area contributed by atoms with Crippen LogP contribution in [0.4, 0.5) is 4.39 Å². The van der Waals surface area contributed by atoms with Crippen molar-refractivity contribution in [1.82, 2.24) is 5.32 Å². The molecule has 1 atom stereocenters. The molecule has 2 aromatic rings. The minimum Gasteiger partial charge on any atom is -0.313 e. The van der Waals surface area contributed by atoms with Gasteiger partial charge >= 0.3 is 0 Å². The van der Waals surface area contributed by atoms with E-state index in [1.807, 2.05) is 20.0 Å². The van der Waals surface area contributed by atoms with Gasteiger partial charge in [-0.1, -0.05) is 24.3 Å². The molecule has 1 unspecified atom stereocenters. The summed E-state index contributed by atoms with van der Waals surface area (Å²) >= 11 is 1.76. The summed E-state index contributed by atoms with van der Waals surface area (Å²) in [6.07, 6.45) is 0. The van der Waals surface area contributed by atoms with Crippen molar-refractivity contribution in [2.45, 2.75) is 30.5 Å². The smallest absolute Gasteiger partial charge is 0.123 e. The third-order valence-corrected chi connectivity index (χ3v) is 4.65. The lowest BCUT2D eigenvalue weighted by molar-refractivity contribution is 0.601. The second kappa shape index (κ2) is 6.91. The van der Waals surface area contributed by atoms with Crippen LogP contribution in [-0.2, 0) is 5.75 Å². The molecule has 1 N–H and O–H groups in total. The second-order valence-corrected chi connectivity index (χ2v) is 5.92. The highest BCUT2D eigenvalue weighted by molar-refractivity contribution is 7.98. The molecule has 2 aromatic carbocycles. The summed E-state index contributed by atoms with van der Waals surface area (Å²) < 4.78 is 13.4. The molecule has 1 nitrogen and oxygen atoms in total. The summed E-state index contributed by atoms with van der Waals surface area (Å²) in [6, 6.07) is 13.6. The summed E-state index contributed by atoms with van der Waals surface area (Å²) in [4.78, 5) is 1.14. The van der Waals surface area contributed by atoms with E-state index in [-0.39, 0.29) is 11.9 Å². The largest absolute Gasteiger partial charge is 0.313 e. The van der Waals surface area contributed by atoms with Crippen LogP contribution < -0.4 is 5.32 Å². The minimum atomic E-state index is -0.178. The first-order chi connectivity index (χ1) is 9.61. The van der Waals surface area contributed by atoms with Gasteiger partial charge in [0.05, 0.1) is 0 Å². The van der Waals surface area contributed by atoms with Gasteiger partial charge in [0.1, 0.15) is 5.82 Å². The van der Waals surface area contributed by atoms with Crippen LogP contribution in [0.1, 0.15) is 29.7 Å². The van der Waals surface area contributed by atoms with Crippen molar-refractivity contribution in [2.75, 3.05) is 7.05 Å². The number of hydrogen-bond acceptors (Lipinski definition) is 2. The fraction of sp³-hybridized carbons (Fsp3) is 0.294. The molecule has 0 aliphatic heterocycles. The maximum Gasteiger partial charge on any atom is 0.123 e. The highest BCUT2D eigenvalue weighted by atomic mass is 32.2. The Morgan fingerprint density at radius 2 is 1.95 bits per heavy atom. The van der Waals surface area contributed by atoms with Crippen molar-refractivity contribution in [3.63, 3.8) is 0 Å². The highest BCUT2D eigenvalue weighted by Gasteiger charge is 2.11. The number of aryl methyl sites for hydroxylation is 1. The van der Waals surface area contributed by atoms with Crippen molar-refractivity contribution in [3.05, 3.63) is 65.0 Å². The fourth-order valence-corrected chi connectivity index (χ4v) is 3.27. The minimum absolute atomic E-state index is 0.144. The Labute approximate surface area is 124 Å². The monoisotopic (exact) mass is 289 g/mol. The summed E-state index contributed by atoms with van der Waals surface area (Å²) in [6.45, 7) is 4.17. The van der Waals surface area contributed by atoms with Gasteiger partial charge in [0.25, 0.3) is 0 Å².